The van der Waals surface area contributed by atoms with Crippen LogP contribution in [0.2, 0.25) is 0 Å². The molecular formula is C61H93N13O23. The number of aromatic hydroxyl groups is 1. The number of phenolic OH excluding ortho intramolecular Hbond substituents is 1. The van der Waals surface area contributed by atoms with Crippen molar-refractivity contribution in [2.24, 2.45) is 35.1 Å². The van der Waals surface area contributed by atoms with Crippen LogP contribution in [0.4, 0.5) is 0 Å². The summed E-state index contributed by atoms with van der Waals surface area (Å²) in [5.74, 6) is -23.0. The van der Waals surface area contributed by atoms with Crippen molar-refractivity contribution in [1.29, 1.82) is 0 Å². The van der Waals surface area contributed by atoms with Crippen LogP contribution in [0, 0.1) is 23.7 Å². The topological polar surface area (TPSA) is 587 Å². The Bertz CT molecular complexity index is 3040. The molecule has 1 aliphatic heterocycles. The summed E-state index contributed by atoms with van der Waals surface area (Å²) in [6.45, 7) is 13.8. The van der Waals surface area contributed by atoms with E-state index in [1.807, 2.05) is 0 Å². The molecule has 0 spiro atoms. The molecule has 0 radical (unpaired) electrons. The number of nitrogens with zero attached hydrogens (tertiary/aromatic N) is 1. The van der Waals surface area contributed by atoms with E-state index in [0.717, 1.165) is 6.92 Å². The van der Waals surface area contributed by atoms with Gasteiger partial charge in [0, 0.05) is 25.8 Å². The molecule has 97 heavy (non-hydrogen) atoms. The lowest BCUT2D eigenvalue weighted by molar-refractivity contribution is -0.146. The first kappa shape index (κ1) is 83.1. The number of nitrogens with two attached hydrogens (primary N) is 2. The van der Waals surface area contributed by atoms with Crippen molar-refractivity contribution < 1.29 is 112 Å². The Morgan fingerprint density at radius 2 is 0.938 bits per heavy atom. The third-order valence-electron chi connectivity index (χ3n) is 15.5. The lowest BCUT2D eigenvalue weighted by Gasteiger charge is -2.33. The number of nitrogens with one attached hydrogen (secondary N) is 10. The highest BCUT2D eigenvalue weighted by Crippen LogP contribution is 2.23. The molecule has 36 heteroatoms. The molecule has 1 saturated heterocycles. The Morgan fingerprint density at radius 3 is 1.43 bits per heavy atom. The van der Waals surface area contributed by atoms with Crippen LogP contribution in [0.5, 0.6) is 5.75 Å². The zero-order valence-electron chi connectivity index (χ0n) is 55.5. The molecule has 2 rings (SSSR count). The molecule has 0 aliphatic carbocycles. The maximum absolute atomic E-state index is 14.6. The van der Waals surface area contributed by atoms with Gasteiger partial charge in [-0.3, -0.25) is 76.7 Å². The molecule has 0 saturated carbocycles. The summed E-state index contributed by atoms with van der Waals surface area (Å²) in [4.78, 5) is 224. The summed E-state index contributed by atoms with van der Waals surface area (Å²) in [6.07, 6.45) is -5.17. The van der Waals surface area contributed by atoms with Gasteiger partial charge in [0.05, 0.1) is 25.3 Å². The van der Waals surface area contributed by atoms with Gasteiger partial charge in [0.1, 0.15) is 72.2 Å². The molecule has 1 aromatic carbocycles. The molecule has 1 heterocycles. The van der Waals surface area contributed by atoms with Crippen LogP contribution < -0.4 is 64.6 Å². The van der Waals surface area contributed by atoms with Gasteiger partial charge < -0.3 is 100 Å². The number of amides is 12. The standard InChI is InChI=1S/C61H93N13O23/c1-10-30(8)49(60(95)74-21-11-12-41(74)57(92)66-36(61(96)97)17-19-42(63)76)73-56(91)37(22-27(2)3)68-54(89)38(23-32-13-15-33(75)16-14-32)69-52(87)35(18-20-43(77)78)65-55(90)40(26-46(83)84)67-50(85)31(9)64-53(88)39(25-45(81)82)70-58(93)47(28(4)5)72-59(94)48(29(6)7)71-51(86)34(62)24-44(79)80/h13-16,27-31,34-41,47-49,75H,10-12,17-26,62H2,1-9H3,(H2,63,76)(H,64,88)(H,65,90)(H,66,92)(H,67,85)(H,68,89)(H,69,87)(H,70,93)(H,71,86)(H,72,94)(H,73,91)(H,77,78)(H,79,80)(H,81,82)(H,83,84)(H,96,97)/t30-,31-,34-,35-,36-,37-,38-,39-,40-,41-,47-,48-,49-/m0/s1. The number of carboxylic acid groups (broad SMARTS) is 5. The predicted octanol–water partition coefficient (Wildman–Crippen LogP) is -3.84. The van der Waals surface area contributed by atoms with Crippen LogP contribution in [0.15, 0.2) is 24.3 Å². The van der Waals surface area contributed by atoms with Crippen molar-refractivity contribution in [1.82, 2.24) is 58.1 Å². The number of hydrogen-bond donors (Lipinski definition) is 18. The Morgan fingerprint density at radius 1 is 0.495 bits per heavy atom. The number of carbonyl (C=O) groups is 17. The van der Waals surface area contributed by atoms with Gasteiger partial charge in [-0.05, 0) is 80.4 Å². The Labute approximate surface area is 558 Å². The molecule has 0 aromatic heterocycles. The highest BCUT2D eigenvalue weighted by Gasteiger charge is 2.42. The minimum absolute atomic E-state index is 0.0331. The first-order valence-electron chi connectivity index (χ1n) is 31.4. The molecule has 1 aliphatic rings. The SMILES string of the molecule is CC[C@H](C)[C@H](NC(=O)[C@H](CC(C)C)NC(=O)[C@H](Cc1ccc(O)cc1)NC(=O)[C@H](CCC(=O)O)NC(=O)[C@H](CC(=O)O)NC(=O)[C@H](C)NC(=O)[C@H](CC(=O)O)NC(=O)[C@@H](NC(=O)[C@@H](NC(=O)[C@@H](N)CC(=O)O)C(C)C)C(C)C)C(=O)N1CCC[C@H]1C(=O)N[C@@H](CCC(N)=O)C(=O)O. The number of hydrogen-bond acceptors (Lipinski definition) is 19. The first-order chi connectivity index (χ1) is 45.2. The zero-order chi connectivity index (χ0) is 73.9. The van der Waals surface area contributed by atoms with Crippen molar-refractivity contribution in [3.63, 3.8) is 0 Å². The smallest absolute Gasteiger partial charge is 0.326 e. The van der Waals surface area contributed by atoms with E-state index >= 15 is 0 Å². The number of rotatable bonds is 42. The largest absolute Gasteiger partial charge is 0.508 e. The second-order valence-corrected chi connectivity index (χ2v) is 24.8. The van der Waals surface area contributed by atoms with Gasteiger partial charge in [0.2, 0.25) is 70.9 Å². The zero-order valence-corrected chi connectivity index (χ0v) is 55.5. The highest BCUT2D eigenvalue weighted by molar-refractivity contribution is 6.01. The number of likely N-dealkylation sites (tertiary alicyclic amines) is 1. The van der Waals surface area contributed by atoms with Crippen molar-refractivity contribution in [3.8, 4) is 5.75 Å². The molecule has 0 bridgehead atoms. The number of carboxylic acids is 5. The van der Waals surface area contributed by atoms with Crippen LogP contribution in [-0.2, 0) is 87.9 Å². The predicted molar refractivity (Wildman–Crippen MR) is 338 cm³/mol. The van der Waals surface area contributed by atoms with E-state index in [1.165, 1.54) is 56.9 Å². The summed E-state index contributed by atoms with van der Waals surface area (Å²) in [5, 5.41) is 81.6. The Hall–Kier alpha value is -10.0. The molecule has 0 unspecified atom stereocenters. The van der Waals surface area contributed by atoms with E-state index in [0.29, 0.717) is 12.8 Å². The molecule has 20 N–H and O–H groups in total. The summed E-state index contributed by atoms with van der Waals surface area (Å²) >= 11 is 0. The average molecular weight is 1380 g/mol. The van der Waals surface area contributed by atoms with Gasteiger partial charge in [-0.15, -0.1) is 0 Å². The molecule has 36 nitrogen and oxygen atoms in total. The maximum Gasteiger partial charge on any atom is 0.326 e. The van der Waals surface area contributed by atoms with Gasteiger partial charge >= 0.3 is 29.8 Å². The van der Waals surface area contributed by atoms with E-state index < -0.39 is 230 Å². The van der Waals surface area contributed by atoms with Gasteiger partial charge in [-0.25, -0.2) is 4.79 Å². The van der Waals surface area contributed by atoms with Crippen molar-refractivity contribution >= 4 is 101 Å². The summed E-state index contributed by atoms with van der Waals surface area (Å²) in [5.41, 5.74) is 11.1. The maximum atomic E-state index is 14.6. The lowest BCUT2D eigenvalue weighted by Crippen LogP contribution is -2.61. The number of carbonyl (C=O) groups excluding carboxylic acids is 12. The van der Waals surface area contributed by atoms with E-state index in [4.69, 9.17) is 16.6 Å². The molecule has 12 amide bonds. The van der Waals surface area contributed by atoms with Crippen LogP contribution in [0.3, 0.4) is 0 Å². The minimum Gasteiger partial charge on any atom is -0.508 e. The van der Waals surface area contributed by atoms with Crippen LogP contribution >= 0.6 is 0 Å². The molecule has 1 aromatic rings. The van der Waals surface area contributed by atoms with E-state index in [2.05, 4.69) is 53.2 Å². The lowest BCUT2D eigenvalue weighted by atomic mass is 9.95. The second kappa shape index (κ2) is 39.7. The number of phenols is 1. The van der Waals surface area contributed by atoms with Crippen LogP contribution in [-0.4, -0.2) is 215 Å². The van der Waals surface area contributed by atoms with Crippen molar-refractivity contribution in [3.05, 3.63) is 29.8 Å². The Kier molecular flexibility index (Phi) is 34.0. The summed E-state index contributed by atoms with van der Waals surface area (Å²) in [7, 11) is 0. The third kappa shape index (κ3) is 28.4. The fourth-order valence-electron chi connectivity index (χ4n) is 9.92. The second-order valence-electron chi connectivity index (χ2n) is 24.8. The monoisotopic (exact) mass is 1380 g/mol. The number of benzene rings is 1. The fourth-order valence-corrected chi connectivity index (χ4v) is 9.92. The van der Waals surface area contributed by atoms with E-state index in [1.54, 1.807) is 27.7 Å². The Balaban J connectivity index is 2.48. The van der Waals surface area contributed by atoms with Crippen molar-refractivity contribution in [2.75, 3.05) is 6.54 Å². The van der Waals surface area contributed by atoms with Gasteiger partial charge in [0.15, 0.2) is 0 Å². The van der Waals surface area contributed by atoms with Crippen LogP contribution in [0.25, 0.3) is 0 Å². The van der Waals surface area contributed by atoms with Crippen LogP contribution in [0.1, 0.15) is 139 Å². The molecule has 540 valence electrons. The van der Waals surface area contributed by atoms with Gasteiger partial charge in [-0.2, -0.15) is 0 Å². The quantitative estimate of drug-likeness (QED) is 0.0298. The first-order valence-corrected chi connectivity index (χ1v) is 31.4. The molecule has 1 fully saturated rings. The van der Waals surface area contributed by atoms with Gasteiger partial charge in [0.25, 0.3) is 0 Å². The molecular weight excluding hydrogens is 1280 g/mol. The van der Waals surface area contributed by atoms with Gasteiger partial charge in [-0.1, -0.05) is 73.9 Å². The normalized spacial score (nSPS) is 16.5. The van der Waals surface area contributed by atoms with Crippen molar-refractivity contribution in [2.45, 2.75) is 212 Å². The highest BCUT2D eigenvalue weighted by atomic mass is 16.4. The third-order valence-corrected chi connectivity index (χ3v) is 15.5. The van der Waals surface area contributed by atoms with E-state index in [9.17, 15) is 107 Å². The summed E-state index contributed by atoms with van der Waals surface area (Å²) < 4.78 is 0. The average Bonchev–Trinajstić information content (AvgIpc) is 1.77. The number of aliphatic carboxylic acids is 5. The molecule has 13 atom stereocenters. The number of primary amides is 1. The minimum atomic E-state index is -2.13. The fraction of sp³-hybridized carbons (Fsp3) is 0.623. The van der Waals surface area contributed by atoms with E-state index in [-0.39, 0.29) is 49.5 Å². The summed E-state index contributed by atoms with van der Waals surface area (Å²) in [6, 6.07) is -14.3.